The maximum atomic E-state index is 13.2. The van der Waals surface area contributed by atoms with E-state index in [-0.39, 0.29) is 17.9 Å². The number of halogens is 3. The Kier molecular flexibility index (Phi) is 5.84. The number of anilines is 2. The van der Waals surface area contributed by atoms with Gasteiger partial charge in [-0.05, 0) is 18.4 Å². The summed E-state index contributed by atoms with van der Waals surface area (Å²) in [5.41, 5.74) is 0.190. The fourth-order valence-electron chi connectivity index (χ4n) is 2.95. The van der Waals surface area contributed by atoms with Gasteiger partial charge in [0.2, 0.25) is 5.95 Å². The summed E-state index contributed by atoms with van der Waals surface area (Å²) in [5, 5.41) is 0. The van der Waals surface area contributed by atoms with Crippen LogP contribution in [0.15, 0.2) is 36.4 Å². The second-order valence-electron chi connectivity index (χ2n) is 6.79. The van der Waals surface area contributed by atoms with Gasteiger partial charge in [0.15, 0.2) is 5.69 Å². The molecule has 146 valence electrons. The molecule has 27 heavy (non-hydrogen) atoms. The average molecular weight is 380 g/mol. The van der Waals surface area contributed by atoms with E-state index in [0.29, 0.717) is 19.7 Å². The van der Waals surface area contributed by atoms with Crippen molar-refractivity contribution in [2.75, 3.05) is 37.0 Å². The highest BCUT2D eigenvalue weighted by atomic mass is 19.4. The molecule has 0 radical (unpaired) electrons. The van der Waals surface area contributed by atoms with Crippen molar-refractivity contribution in [2.45, 2.75) is 31.7 Å². The Labute approximate surface area is 156 Å². The normalized spacial score (nSPS) is 15.8. The Bertz CT molecular complexity index is 744. The van der Waals surface area contributed by atoms with E-state index >= 15 is 0 Å². The Morgan fingerprint density at radius 1 is 1.11 bits per heavy atom. The number of alkyl halides is 3. The van der Waals surface area contributed by atoms with Gasteiger partial charge >= 0.3 is 6.18 Å². The van der Waals surface area contributed by atoms with Crippen LogP contribution < -0.4 is 9.80 Å². The largest absolute Gasteiger partial charge is 0.433 e. The maximum absolute atomic E-state index is 13.2. The lowest BCUT2D eigenvalue weighted by atomic mass is 10.1. The molecule has 1 aromatic heterocycles. The van der Waals surface area contributed by atoms with E-state index in [0.717, 1.165) is 24.5 Å². The molecule has 0 amide bonds. The van der Waals surface area contributed by atoms with E-state index < -0.39 is 11.9 Å². The first-order valence-electron chi connectivity index (χ1n) is 8.87. The summed E-state index contributed by atoms with van der Waals surface area (Å²) in [6.45, 7) is 1.66. The summed E-state index contributed by atoms with van der Waals surface area (Å²) in [6, 6.07) is 10.9. The van der Waals surface area contributed by atoms with Gasteiger partial charge < -0.3 is 14.5 Å². The Morgan fingerprint density at radius 3 is 2.37 bits per heavy atom. The molecule has 2 aromatic rings. The molecule has 2 heterocycles. The highest BCUT2D eigenvalue weighted by molar-refractivity contribution is 5.45. The number of benzene rings is 1. The third-order valence-electron chi connectivity index (χ3n) is 4.50. The zero-order valence-corrected chi connectivity index (χ0v) is 15.4. The molecule has 5 nitrogen and oxygen atoms in total. The first kappa shape index (κ1) is 19.4. The minimum atomic E-state index is -4.50. The minimum absolute atomic E-state index is 0.0839. The van der Waals surface area contributed by atoms with Crippen LogP contribution in [0.5, 0.6) is 0 Å². The summed E-state index contributed by atoms with van der Waals surface area (Å²) in [7, 11) is 3.33. The van der Waals surface area contributed by atoms with Gasteiger partial charge in [-0.25, -0.2) is 4.98 Å². The van der Waals surface area contributed by atoms with Gasteiger partial charge in [0.1, 0.15) is 5.82 Å². The van der Waals surface area contributed by atoms with Crippen LogP contribution in [0.4, 0.5) is 24.9 Å². The fourth-order valence-corrected chi connectivity index (χ4v) is 2.95. The van der Waals surface area contributed by atoms with Crippen LogP contribution in [-0.4, -0.2) is 43.3 Å². The molecule has 0 spiro atoms. The molecule has 8 heteroatoms. The van der Waals surface area contributed by atoms with Gasteiger partial charge in [-0.1, -0.05) is 30.3 Å². The van der Waals surface area contributed by atoms with Gasteiger partial charge in [0, 0.05) is 33.3 Å². The summed E-state index contributed by atoms with van der Waals surface area (Å²) in [6.07, 6.45) is -2.96. The van der Waals surface area contributed by atoms with Crippen molar-refractivity contribution in [3.63, 3.8) is 0 Å². The molecule has 3 rings (SSSR count). The van der Waals surface area contributed by atoms with Crippen LogP contribution in [0, 0.1) is 0 Å². The molecule has 1 aromatic carbocycles. The van der Waals surface area contributed by atoms with Gasteiger partial charge in [-0.15, -0.1) is 0 Å². The lowest BCUT2D eigenvalue weighted by Crippen LogP contribution is -2.38. The lowest BCUT2D eigenvalue weighted by Gasteiger charge is -2.32. The van der Waals surface area contributed by atoms with Crippen LogP contribution in [0.1, 0.15) is 24.1 Å². The predicted octanol–water partition coefficient (Wildman–Crippen LogP) is 3.75. The molecule has 1 fully saturated rings. The molecule has 1 aliphatic rings. The van der Waals surface area contributed by atoms with Crippen molar-refractivity contribution < 1.29 is 17.9 Å². The zero-order valence-electron chi connectivity index (χ0n) is 15.4. The van der Waals surface area contributed by atoms with Crippen LogP contribution in [0.2, 0.25) is 0 Å². The molecular weight excluding hydrogens is 357 g/mol. The number of aromatic nitrogens is 2. The van der Waals surface area contributed by atoms with Crippen LogP contribution in [0.3, 0.4) is 0 Å². The summed E-state index contributed by atoms with van der Waals surface area (Å²) in [4.78, 5) is 11.4. The standard InChI is InChI=1S/C19H23F3N4O/c1-25(2)17-12-16(19(20,21)22)23-18(24-17)26-10-8-15(9-11-26)27-13-14-6-4-3-5-7-14/h3-7,12,15H,8-11,13H2,1-2H3. The molecule has 1 saturated heterocycles. The van der Waals surface area contributed by atoms with Gasteiger partial charge in [0.05, 0.1) is 12.7 Å². The number of ether oxygens (including phenoxy) is 1. The lowest BCUT2D eigenvalue weighted by molar-refractivity contribution is -0.141. The predicted molar refractivity (Wildman–Crippen MR) is 97.8 cm³/mol. The topological polar surface area (TPSA) is 41.5 Å². The Balaban J connectivity index is 1.64. The van der Waals surface area contributed by atoms with E-state index in [9.17, 15) is 13.2 Å². The Morgan fingerprint density at radius 2 is 1.78 bits per heavy atom. The van der Waals surface area contributed by atoms with Crippen molar-refractivity contribution in [1.29, 1.82) is 0 Å². The van der Waals surface area contributed by atoms with Crippen molar-refractivity contribution in [3.8, 4) is 0 Å². The van der Waals surface area contributed by atoms with E-state index in [4.69, 9.17) is 4.74 Å². The van der Waals surface area contributed by atoms with Crippen molar-refractivity contribution >= 4 is 11.8 Å². The number of hydrogen-bond acceptors (Lipinski definition) is 5. The molecule has 0 unspecified atom stereocenters. The first-order valence-corrected chi connectivity index (χ1v) is 8.87. The van der Waals surface area contributed by atoms with Crippen molar-refractivity contribution in [1.82, 2.24) is 9.97 Å². The monoisotopic (exact) mass is 380 g/mol. The van der Waals surface area contributed by atoms with E-state index in [1.165, 1.54) is 0 Å². The molecule has 0 atom stereocenters. The molecule has 0 aliphatic carbocycles. The minimum Gasteiger partial charge on any atom is -0.373 e. The van der Waals surface area contributed by atoms with E-state index in [2.05, 4.69) is 9.97 Å². The number of nitrogens with zero attached hydrogens (tertiary/aromatic N) is 4. The Hall–Kier alpha value is -2.35. The third kappa shape index (κ3) is 5.09. The quantitative estimate of drug-likeness (QED) is 0.790. The van der Waals surface area contributed by atoms with Gasteiger partial charge in [-0.3, -0.25) is 0 Å². The summed E-state index contributed by atoms with van der Waals surface area (Å²) < 4.78 is 45.4. The molecule has 0 N–H and O–H groups in total. The van der Waals surface area contributed by atoms with E-state index in [1.807, 2.05) is 30.3 Å². The highest BCUT2D eigenvalue weighted by Crippen LogP contribution is 2.31. The van der Waals surface area contributed by atoms with Crippen molar-refractivity contribution in [2.24, 2.45) is 0 Å². The molecule has 0 saturated carbocycles. The maximum Gasteiger partial charge on any atom is 0.433 e. The van der Waals surface area contributed by atoms with Crippen LogP contribution >= 0.6 is 0 Å². The van der Waals surface area contributed by atoms with Gasteiger partial charge in [0.25, 0.3) is 0 Å². The number of piperidine rings is 1. The smallest absolute Gasteiger partial charge is 0.373 e. The van der Waals surface area contributed by atoms with Crippen LogP contribution in [0.25, 0.3) is 0 Å². The van der Waals surface area contributed by atoms with E-state index in [1.54, 1.807) is 23.9 Å². The second-order valence-corrected chi connectivity index (χ2v) is 6.79. The number of hydrogen-bond donors (Lipinski definition) is 0. The molecule has 1 aliphatic heterocycles. The highest BCUT2D eigenvalue weighted by Gasteiger charge is 2.35. The van der Waals surface area contributed by atoms with Crippen molar-refractivity contribution in [3.05, 3.63) is 47.7 Å². The first-order chi connectivity index (χ1) is 12.8. The SMILES string of the molecule is CN(C)c1cc(C(F)(F)F)nc(N2CCC(OCc3ccccc3)CC2)n1. The summed E-state index contributed by atoms with van der Waals surface area (Å²) >= 11 is 0. The van der Waals surface area contributed by atoms with Crippen LogP contribution in [-0.2, 0) is 17.5 Å². The molecular formula is C19H23F3N4O. The van der Waals surface area contributed by atoms with Gasteiger partial charge in [-0.2, -0.15) is 18.2 Å². The fraction of sp³-hybridized carbons (Fsp3) is 0.474. The number of rotatable bonds is 5. The third-order valence-corrected chi connectivity index (χ3v) is 4.50. The average Bonchev–Trinajstić information content (AvgIpc) is 2.66. The summed E-state index contributed by atoms with van der Waals surface area (Å²) in [5.74, 6) is 0.366. The molecule has 0 bridgehead atoms. The zero-order chi connectivity index (χ0) is 19.4. The second kappa shape index (κ2) is 8.12.